The zero-order valence-corrected chi connectivity index (χ0v) is 13.1. The maximum absolute atomic E-state index is 12.0. The third-order valence-corrected chi connectivity index (χ3v) is 3.60. The molecule has 0 bridgehead atoms. The summed E-state index contributed by atoms with van der Waals surface area (Å²) in [4.78, 5) is 16.1. The predicted octanol–water partition coefficient (Wildman–Crippen LogP) is 1.78. The van der Waals surface area contributed by atoms with Crippen molar-refractivity contribution in [3.05, 3.63) is 59.7 Å². The maximum Gasteiger partial charge on any atom is 0.248 e. The molecule has 0 unspecified atom stereocenters. The lowest BCUT2D eigenvalue weighted by Gasteiger charge is -2.05. The van der Waals surface area contributed by atoms with E-state index >= 15 is 0 Å². The Balaban J connectivity index is 1.62. The molecule has 1 N–H and O–H groups in total. The molecule has 3 rings (SSSR count). The lowest BCUT2D eigenvalue weighted by atomic mass is 10.1. The van der Waals surface area contributed by atoms with Crippen molar-refractivity contribution in [3.63, 3.8) is 0 Å². The molecule has 7 nitrogen and oxygen atoms in total. The van der Waals surface area contributed by atoms with Gasteiger partial charge in [-0.1, -0.05) is 24.3 Å². The number of rotatable bonds is 5. The van der Waals surface area contributed by atoms with Crippen LogP contribution in [0.2, 0.25) is 0 Å². The Morgan fingerprint density at radius 2 is 2.04 bits per heavy atom. The topological polar surface area (TPSA) is 77.6 Å². The summed E-state index contributed by atoms with van der Waals surface area (Å²) in [6.45, 7) is 4.72. The van der Waals surface area contributed by atoms with Crippen molar-refractivity contribution in [1.82, 2.24) is 24.5 Å². The molecule has 2 aromatic heterocycles. The van der Waals surface area contributed by atoms with Crippen LogP contribution >= 0.6 is 0 Å². The predicted molar refractivity (Wildman–Crippen MR) is 85.9 cm³/mol. The van der Waals surface area contributed by atoms with Gasteiger partial charge in [-0.2, -0.15) is 5.10 Å². The van der Waals surface area contributed by atoms with Gasteiger partial charge in [0.05, 0.1) is 6.54 Å². The van der Waals surface area contributed by atoms with Crippen LogP contribution in [0.3, 0.4) is 0 Å². The van der Waals surface area contributed by atoms with Crippen molar-refractivity contribution in [1.29, 1.82) is 0 Å². The molecule has 0 spiro atoms. The molecule has 3 aromatic rings. The first-order chi connectivity index (χ1) is 11.1. The summed E-state index contributed by atoms with van der Waals surface area (Å²) in [5, 5.41) is 11.0. The van der Waals surface area contributed by atoms with E-state index < -0.39 is 0 Å². The van der Waals surface area contributed by atoms with E-state index in [1.807, 2.05) is 25.1 Å². The highest BCUT2D eigenvalue weighted by Crippen LogP contribution is 2.09. The van der Waals surface area contributed by atoms with Crippen LogP contribution in [0.4, 0.5) is 5.95 Å². The molecule has 0 atom stereocenters. The summed E-state index contributed by atoms with van der Waals surface area (Å²) >= 11 is 0. The average Bonchev–Trinajstić information content (AvgIpc) is 3.11. The molecular formula is C16H18N6O. The number of carbonyl (C=O) groups excluding carboxylic acids is 1. The molecule has 0 aliphatic rings. The van der Waals surface area contributed by atoms with E-state index in [1.165, 1.54) is 11.1 Å². The van der Waals surface area contributed by atoms with Crippen LogP contribution in [0.5, 0.6) is 0 Å². The van der Waals surface area contributed by atoms with Crippen molar-refractivity contribution >= 4 is 11.9 Å². The number of benzene rings is 1. The van der Waals surface area contributed by atoms with Crippen LogP contribution in [0.25, 0.3) is 0 Å². The van der Waals surface area contributed by atoms with E-state index in [0.717, 1.165) is 5.69 Å². The van der Waals surface area contributed by atoms with Gasteiger partial charge >= 0.3 is 0 Å². The van der Waals surface area contributed by atoms with Crippen molar-refractivity contribution in [2.24, 2.45) is 0 Å². The van der Waals surface area contributed by atoms with Gasteiger partial charge in [0.15, 0.2) is 0 Å². The quantitative estimate of drug-likeness (QED) is 0.779. The molecule has 0 aliphatic heterocycles. The van der Waals surface area contributed by atoms with Gasteiger partial charge < -0.3 is 0 Å². The summed E-state index contributed by atoms with van der Waals surface area (Å²) in [5.74, 6) is 0.0961. The Bertz CT molecular complexity index is 819. The molecule has 1 aromatic carbocycles. The molecule has 0 saturated carbocycles. The van der Waals surface area contributed by atoms with Gasteiger partial charge in [-0.15, -0.1) is 5.10 Å². The molecule has 2 heterocycles. The van der Waals surface area contributed by atoms with Crippen LogP contribution < -0.4 is 5.32 Å². The van der Waals surface area contributed by atoms with Crippen LogP contribution in [0.15, 0.2) is 42.9 Å². The fraction of sp³-hybridized carbons (Fsp3) is 0.250. The largest absolute Gasteiger partial charge is 0.292 e. The van der Waals surface area contributed by atoms with Gasteiger partial charge in [-0.3, -0.25) is 14.8 Å². The van der Waals surface area contributed by atoms with Gasteiger partial charge in [0.2, 0.25) is 11.9 Å². The fourth-order valence-electron chi connectivity index (χ4n) is 2.25. The Morgan fingerprint density at radius 1 is 1.22 bits per heavy atom. The number of aryl methyl sites for hydroxylation is 2. The first kappa shape index (κ1) is 15.0. The Kier molecular flexibility index (Phi) is 4.18. The minimum atomic E-state index is -0.203. The second kappa shape index (κ2) is 6.43. The normalized spacial score (nSPS) is 10.7. The summed E-state index contributed by atoms with van der Waals surface area (Å²) in [6, 6.07) is 9.96. The molecule has 7 heteroatoms. The SMILES string of the molecule is Cc1ccccc1Cn1cnc(NC(=O)Cn2nccc2C)n1. The van der Waals surface area contributed by atoms with Crippen molar-refractivity contribution in [2.45, 2.75) is 26.9 Å². The van der Waals surface area contributed by atoms with Gasteiger partial charge in [0.25, 0.3) is 0 Å². The first-order valence-electron chi connectivity index (χ1n) is 7.34. The smallest absolute Gasteiger partial charge is 0.248 e. The second-order valence-electron chi connectivity index (χ2n) is 5.37. The molecule has 1 amide bonds. The number of hydrogen-bond donors (Lipinski definition) is 1. The van der Waals surface area contributed by atoms with Crippen LogP contribution in [-0.4, -0.2) is 30.5 Å². The fourth-order valence-corrected chi connectivity index (χ4v) is 2.25. The highest BCUT2D eigenvalue weighted by molar-refractivity contribution is 5.88. The van der Waals surface area contributed by atoms with E-state index in [0.29, 0.717) is 12.5 Å². The van der Waals surface area contributed by atoms with Crippen LogP contribution in [-0.2, 0) is 17.9 Å². The molecule has 0 aliphatic carbocycles. The standard InChI is InChI=1S/C16H18N6O/c1-12-5-3-4-6-14(12)9-21-11-17-16(20-21)19-15(23)10-22-13(2)7-8-18-22/h3-8,11H,9-10H2,1-2H3,(H,19,20,23). The van der Waals surface area contributed by atoms with E-state index in [1.54, 1.807) is 21.9 Å². The van der Waals surface area contributed by atoms with E-state index in [9.17, 15) is 4.79 Å². The number of hydrogen-bond acceptors (Lipinski definition) is 4. The van der Waals surface area contributed by atoms with Crippen molar-refractivity contribution in [3.8, 4) is 0 Å². The molecule has 0 saturated heterocycles. The Morgan fingerprint density at radius 3 is 2.78 bits per heavy atom. The van der Waals surface area contributed by atoms with Gasteiger partial charge in [0, 0.05) is 11.9 Å². The summed E-state index contributed by atoms with van der Waals surface area (Å²) in [5.41, 5.74) is 3.29. The third kappa shape index (κ3) is 3.63. The molecule has 118 valence electrons. The maximum atomic E-state index is 12.0. The average molecular weight is 310 g/mol. The van der Waals surface area contributed by atoms with E-state index in [4.69, 9.17) is 0 Å². The third-order valence-electron chi connectivity index (χ3n) is 3.60. The first-order valence-corrected chi connectivity index (χ1v) is 7.34. The molecular weight excluding hydrogens is 292 g/mol. The highest BCUT2D eigenvalue weighted by Gasteiger charge is 2.09. The van der Waals surface area contributed by atoms with Gasteiger partial charge in [-0.25, -0.2) is 9.67 Å². The molecule has 0 fully saturated rings. The number of anilines is 1. The zero-order valence-electron chi connectivity index (χ0n) is 13.1. The van der Waals surface area contributed by atoms with E-state index in [-0.39, 0.29) is 12.5 Å². The number of nitrogens with one attached hydrogen (secondary N) is 1. The van der Waals surface area contributed by atoms with Gasteiger partial charge in [-0.05, 0) is 31.0 Å². The lowest BCUT2D eigenvalue weighted by molar-refractivity contribution is -0.117. The minimum Gasteiger partial charge on any atom is -0.292 e. The minimum absolute atomic E-state index is 0.144. The Labute approximate surface area is 134 Å². The summed E-state index contributed by atoms with van der Waals surface area (Å²) < 4.78 is 3.33. The highest BCUT2D eigenvalue weighted by atomic mass is 16.2. The van der Waals surface area contributed by atoms with Crippen molar-refractivity contribution in [2.75, 3.05) is 5.32 Å². The van der Waals surface area contributed by atoms with E-state index in [2.05, 4.69) is 39.6 Å². The van der Waals surface area contributed by atoms with Crippen LogP contribution in [0.1, 0.15) is 16.8 Å². The number of nitrogens with zero attached hydrogens (tertiary/aromatic N) is 5. The second-order valence-corrected chi connectivity index (χ2v) is 5.37. The summed E-state index contributed by atoms with van der Waals surface area (Å²) in [7, 11) is 0. The molecule has 0 radical (unpaired) electrons. The zero-order chi connectivity index (χ0) is 16.2. The summed E-state index contributed by atoms with van der Waals surface area (Å²) in [6.07, 6.45) is 3.28. The Hall–Kier alpha value is -2.96. The number of carbonyl (C=O) groups is 1. The lowest BCUT2D eigenvalue weighted by Crippen LogP contribution is -2.21. The monoisotopic (exact) mass is 310 g/mol. The van der Waals surface area contributed by atoms with Crippen molar-refractivity contribution < 1.29 is 4.79 Å². The van der Waals surface area contributed by atoms with Gasteiger partial charge in [0.1, 0.15) is 12.9 Å². The number of aromatic nitrogens is 5. The number of amides is 1. The molecule has 23 heavy (non-hydrogen) atoms. The van der Waals surface area contributed by atoms with Crippen LogP contribution in [0, 0.1) is 13.8 Å².